The number of amides is 1. The minimum Gasteiger partial charge on any atom is -0.325 e. The Morgan fingerprint density at radius 3 is 2.65 bits per heavy atom. The molecule has 1 aliphatic heterocycles. The van der Waals surface area contributed by atoms with Crippen LogP contribution in [0.15, 0.2) is 22.7 Å². The maximum atomic E-state index is 13.2. The molecule has 0 bridgehead atoms. The zero-order valence-electron chi connectivity index (χ0n) is 10.8. The second-order valence-electron chi connectivity index (χ2n) is 4.92. The summed E-state index contributed by atoms with van der Waals surface area (Å²) in [5.74, 6) is -1.01. The number of anilines is 1. The second kappa shape index (κ2) is 5.37. The van der Waals surface area contributed by atoms with Crippen LogP contribution in [-0.4, -0.2) is 25.2 Å². The molecular formula is C13H14BrF3N2O. The fourth-order valence-corrected chi connectivity index (χ4v) is 2.56. The lowest BCUT2D eigenvalue weighted by molar-refractivity contribution is -0.213. The van der Waals surface area contributed by atoms with Gasteiger partial charge >= 0.3 is 6.18 Å². The van der Waals surface area contributed by atoms with Gasteiger partial charge in [-0.15, -0.1) is 0 Å². The molecule has 1 unspecified atom stereocenters. The van der Waals surface area contributed by atoms with Crippen molar-refractivity contribution >= 4 is 27.5 Å². The maximum absolute atomic E-state index is 13.2. The highest BCUT2D eigenvalue weighted by molar-refractivity contribution is 9.10. The third kappa shape index (κ3) is 2.69. The van der Waals surface area contributed by atoms with Crippen LogP contribution in [0, 0.1) is 12.3 Å². The first kappa shape index (κ1) is 15.3. The van der Waals surface area contributed by atoms with Gasteiger partial charge in [0, 0.05) is 16.7 Å². The fraction of sp³-hybridized carbons (Fsp3) is 0.462. The molecule has 1 fully saturated rings. The van der Waals surface area contributed by atoms with E-state index < -0.39 is 17.5 Å². The van der Waals surface area contributed by atoms with Crippen molar-refractivity contribution < 1.29 is 18.0 Å². The van der Waals surface area contributed by atoms with Crippen LogP contribution in [0.5, 0.6) is 0 Å². The molecular weight excluding hydrogens is 337 g/mol. The number of benzene rings is 1. The van der Waals surface area contributed by atoms with Crippen molar-refractivity contribution in [3.05, 3.63) is 28.2 Å². The summed E-state index contributed by atoms with van der Waals surface area (Å²) in [6, 6.07) is 4.91. The number of hydrogen-bond acceptors (Lipinski definition) is 2. The Kier molecular flexibility index (Phi) is 4.11. The summed E-state index contributed by atoms with van der Waals surface area (Å²) in [5.41, 5.74) is -1.05. The highest BCUT2D eigenvalue weighted by Gasteiger charge is 2.61. The number of rotatable bonds is 2. The average Bonchev–Trinajstić information content (AvgIpc) is 2.84. The Morgan fingerprint density at radius 2 is 2.15 bits per heavy atom. The van der Waals surface area contributed by atoms with E-state index in [4.69, 9.17) is 0 Å². The van der Waals surface area contributed by atoms with Crippen LogP contribution in [0.4, 0.5) is 18.9 Å². The van der Waals surface area contributed by atoms with Gasteiger partial charge in [0.05, 0.1) is 0 Å². The number of alkyl halides is 3. The predicted molar refractivity (Wildman–Crippen MR) is 73.5 cm³/mol. The third-order valence-corrected chi connectivity index (χ3v) is 4.42. The molecule has 0 saturated carbocycles. The number of hydrogen-bond donors (Lipinski definition) is 2. The Labute approximate surface area is 123 Å². The smallest absolute Gasteiger partial charge is 0.325 e. The standard InChI is InChI=1S/C13H14BrF3N2O/c1-8-2-3-9(6-10(8)14)19-11(20)12(13(15,16)17)4-5-18-7-12/h2-3,6,18H,4-5,7H2,1H3,(H,19,20). The van der Waals surface area contributed by atoms with Crippen LogP contribution in [0.25, 0.3) is 0 Å². The summed E-state index contributed by atoms with van der Waals surface area (Å²) in [5, 5.41) is 4.99. The molecule has 3 nitrogen and oxygen atoms in total. The zero-order chi connectivity index (χ0) is 15.0. The Morgan fingerprint density at radius 1 is 1.45 bits per heavy atom. The third-order valence-electron chi connectivity index (χ3n) is 3.56. The molecule has 0 aliphatic carbocycles. The van der Waals surface area contributed by atoms with E-state index >= 15 is 0 Å². The summed E-state index contributed by atoms with van der Waals surface area (Å²) in [7, 11) is 0. The molecule has 2 rings (SSSR count). The molecule has 1 amide bonds. The van der Waals surface area contributed by atoms with E-state index in [9.17, 15) is 18.0 Å². The normalized spacial score (nSPS) is 22.9. The molecule has 0 aromatic heterocycles. The zero-order valence-corrected chi connectivity index (χ0v) is 12.4. The first-order valence-electron chi connectivity index (χ1n) is 6.11. The minimum atomic E-state index is -4.57. The molecule has 1 heterocycles. The van der Waals surface area contributed by atoms with Gasteiger partial charge < -0.3 is 10.6 Å². The van der Waals surface area contributed by atoms with Crippen LogP contribution in [0.1, 0.15) is 12.0 Å². The van der Waals surface area contributed by atoms with Crippen molar-refractivity contribution in [2.24, 2.45) is 5.41 Å². The molecule has 0 spiro atoms. The highest BCUT2D eigenvalue weighted by atomic mass is 79.9. The van der Waals surface area contributed by atoms with Crippen LogP contribution in [0.2, 0.25) is 0 Å². The van der Waals surface area contributed by atoms with E-state index in [-0.39, 0.29) is 19.5 Å². The number of carbonyl (C=O) groups excluding carboxylic acids is 1. The summed E-state index contributed by atoms with van der Waals surface area (Å²) < 4.78 is 40.3. The molecule has 1 aromatic rings. The van der Waals surface area contributed by atoms with Crippen molar-refractivity contribution in [3.63, 3.8) is 0 Å². The van der Waals surface area contributed by atoms with Crippen LogP contribution in [-0.2, 0) is 4.79 Å². The van der Waals surface area contributed by atoms with E-state index in [0.717, 1.165) is 10.0 Å². The van der Waals surface area contributed by atoms with E-state index in [1.54, 1.807) is 18.2 Å². The highest BCUT2D eigenvalue weighted by Crippen LogP contribution is 2.43. The first-order valence-corrected chi connectivity index (χ1v) is 6.91. The Hall–Kier alpha value is -1.08. The molecule has 1 aromatic carbocycles. The largest absolute Gasteiger partial charge is 0.404 e. The number of halogens is 4. The lowest BCUT2D eigenvalue weighted by Crippen LogP contribution is -2.49. The van der Waals surface area contributed by atoms with Gasteiger partial charge in [0.15, 0.2) is 5.41 Å². The quantitative estimate of drug-likeness (QED) is 0.859. The van der Waals surface area contributed by atoms with E-state index in [0.29, 0.717) is 5.69 Å². The molecule has 1 aliphatic rings. The lowest BCUT2D eigenvalue weighted by Gasteiger charge is -2.29. The summed E-state index contributed by atoms with van der Waals surface area (Å²) in [4.78, 5) is 12.1. The topological polar surface area (TPSA) is 41.1 Å². The Balaban J connectivity index is 2.23. The van der Waals surface area contributed by atoms with E-state index in [1.807, 2.05) is 6.92 Å². The van der Waals surface area contributed by atoms with Crippen molar-refractivity contribution in [3.8, 4) is 0 Å². The first-order chi connectivity index (χ1) is 9.26. The average molecular weight is 351 g/mol. The van der Waals surface area contributed by atoms with Crippen molar-refractivity contribution in [1.29, 1.82) is 0 Å². The summed E-state index contributed by atoms with van der Waals surface area (Å²) >= 11 is 3.29. The maximum Gasteiger partial charge on any atom is 0.404 e. The van der Waals surface area contributed by atoms with Gasteiger partial charge in [0.25, 0.3) is 0 Å². The summed E-state index contributed by atoms with van der Waals surface area (Å²) in [6.45, 7) is 1.66. The second-order valence-corrected chi connectivity index (χ2v) is 5.78. The van der Waals surface area contributed by atoms with Crippen molar-refractivity contribution in [1.82, 2.24) is 5.32 Å². The SMILES string of the molecule is Cc1ccc(NC(=O)C2(C(F)(F)F)CCNC2)cc1Br. The molecule has 7 heteroatoms. The van der Waals surface area contributed by atoms with Gasteiger partial charge in [0.2, 0.25) is 5.91 Å². The number of aryl methyl sites for hydroxylation is 1. The molecule has 20 heavy (non-hydrogen) atoms. The molecule has 2 N–H and O–H groups in total. The van der Waals surface area contributed by atoms with Gasteiger partial charge in [0.1, 0.15) is 0 Å². The van der Waals surface area contributed by atoms with Crippen molar-refractivity contribution in [2.45, 2.75) is 19.5 Å². The molecule has 1 saturated heterocycles. The van der Waals surface area contributed by atoms with Crippen LogP contribution in [0.3, 0.4) is 0 Å². The van der Waals surface area contributed by atoms with E-state index in [2.05, 4.69) is 26.6 Å². The minimum absolute atomic E-state index is 0.185. The number of nitrogens with one attached hydrogen (secondary N) is 2. The van der Waals surface area contributed by atoms with Crippen LogP contribution >= 0.6 is 15.9 Å². The summed E-state index contributed by atoms with van der Waals surface area (Å²) in [6.07, 6.45) is -4.81. The van der Waals surface area contributed by atoms with Gasteiger partial charge in [-0.1, -0.05) is 22.0 Å². The molecule has 0 radical (unpaired) electrons. The van der Waals surface area contributed by atoms with Gasteiger partial charge in [-0.2, -0.15) is 13.2 Å². The van der Waals surface area contributed by atoms with Gasteiger partial charge in [-0.3, -0.25) is 4.79 Å². The van der Waals surface area contributed by atoms with Gasteiger partial charge in [-0.05, 0) is 37.6 Å². The van der Waals surface area contributed by atoms with Crippen LogP contribution < -0.4 is 10.6 Å². The number of carbonyl (C=O) groups is 1. The fourth-order valence-electron chi connectivity index (χ4n) is 2.18. The lowest BCUT2D eigenvalue weighted by atomic mass is 9.85. The van der Waals surface area contributed by atoms with E-state index in [1.165, 1.54) is 0 Å². The predicted octanol–water partition coefficient (Wildman–Crippen LogP) is 3.24. The van der Waals surface area contributed by atoms with Gasteiger partial charge in [-0.25, -0.2) is 0 Å². The molecule has 110 valence electrons. The molecule has 1 atom stereocenters. The van der Waals surface area contributed by atoms with Crippen molar-refractivity contribution in [2.75, 3.05) is 18.4 Å². The monoisotopic (exact) mass is 350 g/mol. The Bertz CT molecular complexity index is 525.